The number of aromatic nitrogens is 2. The summed E-state index contributed by atoms with van der Waals surface area (Å²) in [7, 11) is 0. The van der Waals surface area contributed by atoms with E-state index in [-0.39, 0.29) is 5.41 Å². The van der Waals surface area contributed by atoms with Crippen LogP contribution in [0.2, 0.25) is 0 Å². The van der Waals surface area contributed by atoms with Gasteiger partial charge in [0.15, 0.2) is 0 Å². The molecule has 0 bridgehead atoms. The van der Waals surface area contributed by atoms with Gasteiger partial charge >= 0.3 is 0 Å². The van der Waals surface area contributed by atoms with E-state index < -0.39 is 6.10 Å². The van der Waals surface area contributed by atoms with Gasteiger partial charge < -0.3 is 10.8 Å². The zero-order chi connectivity index (χ0) is 11.5. The molecule has 15 heavy (non-hydrogen) atoms. The van der Waals surface area contributed by atoms with E-state index in [1.165, 1.54) is 0 Å². The lowest BCUT2D eigenvalue weighted by atomic mass is 9.80. The second-order valence-electron chi connectivity index (χ2n) is 4.14. The Bertz CT molecular complexity index is 323. The fraction of sp³-hybridized carbons (Fsp3) is 0.636. The number of rotatable bonds is 4. The minimum Gasteiger partial charge on any atom is -0.386 e. The van der Waals surface area contributed by atoms with Crippen molar-refractivity contribution in [2.45, 2.75) is 33.3 Å². The van der Waals surface area contributed by atoms with Gasteiger partial charge in [-0.15, -0.1) is 0 Å². The summed E-state index contributed by atoms with van der Waals surface area (Å²) in [5.74, 6) is 0.669. The van der Waals surface area contributed by atoms with Crippen LogP contribution in [-0.4, -0.2) is 21.6 Å². The summed E-state index contributed by atoms with van der Waals surface area (Å²) in [5.41, 5.74) is 6.02. The highest BCUT2D eigenvalue weighted by atomic mass is 16.3. The smallest absolute Gasteiger partial charge is 0.125 e. The first-order chi connectivity index (χ1) is 7.03. The van der Waals surface area contributed by atoms with Gasteiger partial charge in [-0.25, -0.2) is 9.97 Å². The topological polar surface area (TPSA) is 72.0 Å². The molecule has 0 radical (unpaired) electrons. The van der Waals surface area contributed by atoms with Gasteiger partial charge in [-0.3, -0.25) is 0 Å². The fourth-order valence-corrected chi connectivity index (χ4v) is 1.43. The predicted molar refractivity (Wildman–Crippen MR) is 59.2 cm³/mol. The van der Waals surface area contributed by atoms with Crippen LogP contribution in [0.3, 0.4) is 0 Å². The van der Waals surface area contributed by atoms with E-state index in [0.717, 1.165) is 6.42 Å². The Labute approximate surface area is 90.6 Å². The number of nitrogens with zero attached hydrogens (tertiary/aromatic N) is 2. The predicted octanol–water partition coefficient (Wildman–Crippen LogP) is 1.19. The molecule has 0 saturated heterocycles. The molecular weight excluding hydrogens is 190 g/mol. The SMILES string of the molecule is CCC(C)(CN)C(O)c1ccnc(C)n1. The van der Waals surface area contributed by atoms with Crippen molar-refractivity contribution < 1.29 is 5.11 Å². The third kappa shape index (κ3) is 2.52. The lowest BCUT2D eigenvalue weighted by molar-refractivity contribution is 0.0355. The van der Waals surface area contributed by atoms with Crippen molar-refractivity contribution in [3.8, 4) is 0 Å². The maximum Gasteiger partial charge on any atom is 0.125 e. The second-order valence-corrected chi connectivity index (χ2v) is 4.14. The number of aryl methyl sites for hydroxylation is 1. The quantitative estimate of drug-likeness (QED) is 0.781. The highest BCUT2D eigenvalue weighted by Gasteiger charge is 2.31. The molecule has 1 aromatic rings. The molecule has 2 unspecified atom stereocenters. The summed E-state index contributed by atoms with van der Waals surface area (Å²) in [5, 5.41) is 10.2. The Morgan fingerprint density at radius 2 is 2.27 bits per heavy atom. The van der Waals surface area contributed by atoms with Crippen LogP contribution < -0.4 is 5.73 Å². The van der Waals surface area contributed by atoms with E-state index >= 15 is 0 Å². The molecule has 1 aromatic heterocycles. The number of hydrogen-bond donors (Lipinski definition) is 2. The maximum absolute atomic E-state index is 10.2. The zero-order valence-corrected chi connectivity index (χ0v) is 9.57. The highest BCUT2D eigenvalue weighted by Crippen LogP contribution is 2.34. The van der Waals surface area contributed by atoms with Gasteiger partial charge in [0.25, 0.3) is 0 Å². The average Bonchev–Trinajstić information content (AvgIpc) is 2.27. The first-order valence-corrected chi connectivity index (χ1v) is 5.21. The molecule has 4 nitrogen and oxygen atoms in total. The molecule has 0 fully saturated rings. The third-order valence-electron chi connectivity index (χ3n) is 3.01. The molecule has 0 amide bonds. The number of nitrogens with two attached hydrogens (primary N) is 1. The molecule has 2 atom stereocenters. The Hall–Kier alpha value is -1.00. The summed E-state index contributed by atoms with van der Waals surface area (Å²) in [4.78, 5) is 8.22. The fourth-order valence-electron chi connectivity index (χ4n) is 1.43. The van der Waals surface area contributed by atoms with Crippen molar-refractivity contribution in [3.05, 3.63) is 23.8 Å². The van der Waals surface area contributed by atoms with Crippen LogP contribution in [0.25, 0.3) is 0 Å². The van der Waals surface area contributed by atoms with Crippen molar-refractivity contribution in [1.82, 2.24) is 9.97 Å². The van der Waals surface area contributed by atoms with Crippen LogP contribution in [0.15, 0.2) is 12.3 Å². The molecule has 0 saturated carbocycles. The van der Waals surface area contributed by atoms with Gasteiger partial charge in [0.05, 0.1) is 5.69 Å². The van der Waals surface area contributed by atoms with Crippen LogP contribution in [0, 0.1) is 12.3 Å². The van der Waals surface area contributed by atoms with Crippen LogP contribution in [0.4, 0.5) is 0 Å². The summed E-state index contributed by atoms with van der Waals surface area (Å²) in [6, 6.07) is 1.74. The van der Waals surface area contributed by atoms with Gasteiger partial charge in [0, 0.05) is 18.2 Å². The normalized spacial score (nSPS) is 17.1. The summed E-state index contributed by atoms with van der Waals surface area (Å²) < 4.78 is 0. The lowest BCUT2D eigenvalue weighted by Gasteiger charge is -2.31. The second kappa shape index (κ2) is 4.68. The Balaban J connectivity index is 2.97. The standard InChI is InChI=1S/C11H19N3O/c1-4-11(3,7-12)10(15)9-5-6-13-8(2)14-9/h5-6,10,15H,4,7,12H2,1-3H3. The summed E-state index contributed by atoms with van der Waals surface area (Å²) in [6.45, 7) is 6.23. The van der Waals surface area contributed by atoms with Crippen molar-refractivity contribution in [3.63, 3.8) is 0 Å². The highest BCUT2D eigenvalue weighted by molar-refractivity contribution is 5.09. The molecule has 0 aliphatic rings. The van der Waals surface area contributed by atoms with E-state index in [4.69, 9.17) is 5.73 Å². The average molecular weight is 209 g/mol. The third-order valence-corrected chi connectivity index (χ3v) is 3.01. The number of aliphatic hydroxyl groups is 1. The molecule has 0 aliphatic carbocycles. The van der Waals surface area contributed by atoms with Gasteiger partial charge in [0.2, 0.25) is 0 Å². The van der Waals surface area contributed by atoms with E-state index in [1.807, 2.05) is 20.8 Å². The molecule has 0 spiro atoms. The lowest BCUT2D eigenvalue weighted by Crippen LogP contribution is -2.33. The molecule has 0 aliphatic heterocycles. The van der Waals surface area contributed by atoms with Crippen LogP contribution in [0.1, 0.15) is 37.9 Å². The monoisotopic (exact) mass is 209 g/mol. The van der Waals surface area contributed by atoms with Crippen LogP contribution in [-0.2, 0) is 0 Å². The van der Waals surface area contributed by atoms with Crippen molar-refractivity contribution in [1.29, 1.82) is 0 Å². The molecule has 3 N–H and O–H groups in total. The first kappa shape index (κ1) is 12.1. The molecular formula is C11H19N3O. The van der Waals surface area contributed by atoms with E-state index in [2.05, 4.69) is 9.97 Å². The van der Waals surface area contributed by atoms with Gasteiger partial charge in [0.1, 0.15) is 11.9 Å². The summed E-state index contributed by atoms with van der Waals surface area (Å²) in [6.07, 6.45) is 1.84. The van der Waals surface area contributed by atoms with E-state index in [0.29, 0.717) is 18.1 Å². The first-order valence-electron chi connectivity index (χ1n) is 5.21. The number of hydrogen-bond acceptors (Lipinski definition) is 4. The van der Waals surface area contributed by atoms with Gasteiger partial charge in [-0.2, -0.15) is 0 Å². The largest absolute Gasteiger partial charge is 0.386 e. The van der Waals surface area contributed by atoms with E-state index in [9.17, 15) is 5.11 Å². The van der Waals surface area contributed by atoms with E-state index in [1.54, 1.807) is 12.3 Å². The van der Waals surface area contributed by atoms with Gasteiger partial charge in [-0.1, -0.05) is 13.8 Å². The van der Waals surface area contributed by atoms with Crippen molar-refractivity contribution in [2.75, 3.05) is 6.54 Å². The Morgan fingerprint density at radius 1 is 1.60 bits per heavy atom. The van der Waals surface area contributed by atoms with Crippen LogP contribution in [0.5, 0.6) is 0 Å². The Morgan fingerprint density at radius 3 is 2.73 bits per heavy atom. The molecule has 1 heterocycles. The van der Waals surface area contributed by atoms with Gasteiger partial charge in [-0.05, 0) is 19.4 Å². The maximum atomic E-state index is 10.2. The minimum atomic E-state index is -0.630. The summed E-state index contributed by atoms with van der Waals surface area (Å²) >= 11 is 0. The Kier molecular flexibility index (Phi) is 3.77. The minimum absolute atomic E-state index is 0.319. The van der Waals surface area contributed by atoms with Crippen molar-refractivity contribution in [2.24, 2.45) is 11.1 Å². The number of aliphatic hydroxyl groups excluding tert-OH is 1. The molecule has 4 heteroatoms. The molecule has 0 aromatic carbocycles. The van der Waals surface area contributed by atoms with Crippen molar-refractivity contribution >= 4 is 0 Å². The van der Waals surface area contributed by atoms with Crippen LogP contribution >= 0.6 is 0 Å². The molecule has 84 valence electrons. The molecule has 1 rings (SSSR count). The zero-order valence-electron chi connectivity index (χ0n) is 9.57.